The number of hydrogen-bond acceptors (Lipinski definition) is 0. The van der Waals surface area contributed by atoms with Crippen LogP contribution in [-0.4, -0.2) is 0 Å². The number of aryl methyl sites for hydroxylation is 2. The van der Waals surface area contributed by atoms with Crippen LogP contribution in [0.5, 0.6) is 0 Å². The lowest BCUT2D eigenvalue weighted by atomic mass is 9.84. The van der Waals surface area contributed by atoms with Gasteiger partial charge in [-0.1, -0.05) is 132 Å². The molecule has 0 unspecified atom stereocenters. The van der Waals surface area contributed by atoms with Gasteiger partial charge in [-0.2, -0.15) is 0 Å². The number of benzene rings is 7. The van der Waals surface area contributed by atoms with E-state index >= 15 is 0 Å². The first kappa shape index (κ1) is 23.0. The number of fused-ring (bicyclic) bond motifs is 4. The third-order valence-electron chi connectivity index (χ3n) is 8.44. The van der Waals surface area contributed by atoms with Crippen molar-refractivity contribution in [3.05, 3.63) is 145 Å². The van der Waals surface area contributed by atoms with Gasteiger partial charge in [0, 0.05) is 0 Å². The van der Waals surface area contributed by atoms with Gasteiger partial charge in [0.15, 0.2) is 0 Å². The molecule has 0 atom stereocenters. The molecular formula is C40H28. The topological polar surface area (TPSA) is 0 Å². The lowest BCUT2D eigenvalue weighted by Crippen LogP contribution is -1.93. The van der Waals surface area contributed by atoms with Gasteiger partial charge in [-0.05, 0) is 103 Å². The quantitative estimate of drug-likeness (QED) is 0.223. The van der Waals surface area contributed by atoms with Crippen molar-refractivity contribution < 1.29 is 0 Å². The molecule has 0 saturated heterocycles. The van der Waals surface area contributed by atoms with Crippen molar-refractivity contribution >= 4 is 21.5 Å². The Bertz CT molecular complexity index is 2090. The molecule has 0 amide bonds. The van der Waals surface area contributed by atoms with Crippen LogP contribution in [0.3, 0.4) is 0 Å². The molecule has 0 saturated carbocycles. The summed E-state index contributed by atoms with van der Waals surface area (Å²) in [6.07, 6.45) is 0. The van der Waals surface area contributed by atoms with Crippen LogP contribution in [0.2, 0.25) is 0 Å². The zero-order chi connectivity index (χ0) is 26.8. The largest absolute Gasteiger partial charge is 0.0622 e. The lowest BCUT2D eigenvalue weighted by Gasteiger charge is -2.19. The zero-order valence-corrected chi connectivity index (χ0v) is 22.7. The Morgan fingerprint density at radius 2 is 0.875 bits per heavy atom. The van der Waals surface area contributed by atoms with Gasteiger partial charge >= 0.3 is 0 Å². The highest BCUT2D eigenvalue weighted by molar-refractivity contribution is 6.21. The predicted molar refractivity (Wildman–Crippen MR) is 172 cm³/mol. The normalized spacial score (nSPS) is 11.8. The maximum Gasteiger partial charge on any atom is -0.00137 e. The van der Waals surface area contributed by atoms with Gasteiger partial charge in [0.2, 0.25) is 0 Å². The molecule has 0 heteroatoms. The van der Waals surface area contributed by atoms with Crippen LogP contribution in [0, 0.1) is 13.8 Å². The van der Waals surface area contributed by atoms with Crippen LogP contribution in [0.4, 0.5) is 0 Å². The minimum absolute atomic E-state index is 1.24. The van der Waals surface area contributed by atoms with Gasteiger partial charge in [0.1, 0.15) is 0 Å². The van der Waals surface area contributed by atoms with Crippen LogP contribution in [0.15, 0.2) is 133 Å². The summed E-state index contributed by atoms with van der Waals surface area (Å²) in [4.78, 5) is 0. The standard InChI is InChI=1S/C40H28/c1-25-20-26(2)22-31(21-25)32-18-19-33(40-35-17-9-15-28-14-8-16-34(38(28)35)39(32)40)37-24-30-13-7-6-12-29(30)23-36(37)27-10-4-3-5-11-27/h3-24H,1-2H3. The second-order valence-electron chi connectivity index (χ2n) is 11.1. The Morgan fingerprint density at radius 1 is 0.325 bits per heavy atom. The first-order valence-corrected chi connectivity index (χ1v) is 14.0. The molecule has 8 rings (SSSR count). The molecule has 0 nitrogen and oxygen atoms in total. The Balaban J connectivity index is 1.51. The van der Waals surface area contributed by atoms with E-state index in [0.717, 1.165) is 0 Å². The van der Waals surface area contributed by atoms with Gasteiger partial charge < -0.3 is 0 Å². The van der Waals surface area contributed by atoms with E-state index in [1.807, 2.05) is 0 Å². The molecule has 0 fully saturated rings. The fourth-order valence-corrected chi connectivity index (χ4v) is 6.83. The van der Waals surface area contributed by atoms with Crippen molar-refractivity contribution in [3.63, 3.8) is 0 Å². The molecule has 0 heterocycles. The Labute approximate surface area is 235 Å². The fraction of sp³-hybridized carbons (Fsp3) is 0.0500. The molecule has 0 N–H and O–H groups in total. The molecule has 40 heavy (non-hydrogen) atoms. The third kappa shape index (κ3) is 3.46. The van der Waals surface area contributed by atoms with E-state index < -0.39 is 0 Å². The molecule has 0 spiro atoms. The molecule has 0 bridgehead atoms. The first-order chi connectivity index (χ1) is 19.7. The molecule has 0 aromatic heterocycles. The second kappa shape index (κ2) is 8.79. The van der Waals surface area contributed by atoms with Gasteiger partial charge in [-0.25, -0.2) is 0 Å². The monoisotopic (exact) mass is 508 g/mol. The van der Waals surface area contributed by atoms with Crippen molar-refractivity contribution in [1.29, 1.82) is 0 Å². The Kier molecular flexibility index (Phi) is 5.06. The molecule has 0 radical (unpaired) electrons. The zero-order valence-electron chi connectivity index (χ0n) is 22.7. The minimum atomic E-state index is 1.24. The summed E-state index contributed by atoms with van der Waals surface area (Å²) in [6, 6.07) is 49.5. The van der Waals surface area contributed by atoms with Crippen LogP contribution < -0.4 is 0 Å². The van der Waals surface area contributed by atoms with E-state index in [9.17, 15) is 0 Å². The van der Waals surface area contributed by atoms with E-state index in [4.69, 9.17) is 0 Å². The van der Waals surface area contributed by atoms with Crippen molar-refractivity contribution in [2.45, 2.75) is 13.8 Å². The molecular weight excluding hydrogens is 480 g/mol. The van der Waals surface area contributed by atoms with Gasteiger partial charge in [0.25, 0.3) is 0 Å². The molecule has 1 aliphatic carbocycles. The van der Waals surface area contributed by atoms with E-state index in [1.54, 1.807) is 0 Å². The van der Waals surface area contributed by atoms with E-state index in [2.05, 4.69) is 147 Å². The van der Waals surface area contributed by atoms with Crippen molar-refractivity contribution in [2.24, 2.45) is 0 Å². The predicted octanol–water partition coefficient (Wildman–Crippen LogP) is 11.3. The van der Waals surface area contributed by atoms with Crippen LogP contribution in [0.25, 0.3) is 77.2 Å². The van der Waals surface area contributed by atoms with Gasteiger partial charge in [-0.15, -0.1) is 0 Å². The molecule has 7 aromatic carbocycles. The Hall–Kier alpha value is -4.94. The van der Waals surface area contributed by atoms with Crippen molar-refractivity contribution in [1.82, 2.24) is 0 Å². The fourth-order valence-electron chi connectivity index (χ4n) is 6.83. The van der Waals surface area contributed by atoms with Crippen LogP contribution in [-0.2, 0) is 0 Å². The summed E-state index contributed by atoms with van der Waals surface area (Å²) < 4.78 is 0. The molecule has 0 aliphatic heterocycles. The van der Waals surface area contributed by atoms with E-state index in [1.165, 1.54) is 88.3 Å². The molecule has 188 valence electrons. The highest BCUT2D eigenvalue weighted by Crippen LogP contribution is 2.55. The molecule has 1 aliphatic rings. The highest BCUT2D eigenvalue weighted by Gasteiger charge is 2.28. The molecule has 7 aromatic rings. The number of hydrogen-bond donors (Lipinski definition) is 0. The third-order valence-corrected chi connectivity index (χ3v) is 8.44. The Morgan fingerprint density at radius 3 is 1.55 bits per heavy atom. The van der Waals surface area contributed by atoms with Crippen molar-refractivity contribution in [2.75, 3.05) is 0 Å². The van der Waals surface area contributed by atoms with Crippen LogP contribution >= 0.6 is 0 Å². The van der Waals surface area contributed by atoms with E-state index in [0.29, 0.717) is 0 Å². The summed E-state index contributed by atoms with van der Waals surface area (Å²) in [6.45, 7) is 4.39. The first-order valence-electron chi connectivity index (χ1n) is 14.0. The van der Waals surface area contributed by atoms with Gasteiger partial charge in [0.05, 0.1) is 0 Å². The van der Waals surface area contributed by atoms with Crippen LogP contribution in [0.1, 0.15) is 11.1 Å². The minimum Gasteiger partial charge on any atom is -0.0622 e. The lowest BCUT2D eigenvalue weighted by molar-refractivity contribution is 1.38. The summed E-state index contributed by atoms with van der Waals surface area (Å²) in [5.74, 6) is 0. The summed E-state index contributed by atoms with van der Waals surface area (Å²) in [5, 5.41) is 5.18. The maximum absolute atomic E-state index is 2.40. The summed E-state index contributed by atoms with van der Waals surface area (Å²) in [5.41, 5.74) is 15.6. The average molecular weight is 509 g/mol. The SMILES string of the molecule is Cc1cc(C)cc(-c2ccc(-c3cc4ccccc4cc3-c3ccccc3)c3c2-c2cccc4cccc-3c24)c1. The van der Waals surface area contributed by atoms with Gasteiger partial charge in [-0.3, -0.25) is 0 Å². The van der Waals surface area contributed by atoms with Crippen molar-refractivity contribution in [3.8, 4) is 55.6 Å². The summed E-state index contributed by atoms with van der Waals surface area (Å²) >= 11 is 0. The maximum atomic E-state index is 2.40. The van der Waals surface area contributed by atoms with E-state index in [-0.39, 0.29) is 0 Å². The average Bonchev–Trinajstić information content (AvgIpc) is 3.32. The smallest absolute Gasteiger partial charge is 0.00137 e. The second-order valence-corrected chi connectivity index (χ2v) is 11.1. The summed E-state index contributed by atoms with van der Waals surface area (Å²) in [7, 11) is 0. The highest BCUT2D eigenvalue weighted by atomic mass is 14.3. The number of rotatable bonds is 3.